The van der Waals surface area contributed by atoms with Crippen LogP contribution in [0, 0.1) is 5.82 Å². The van der Waals surface area contributed by atoms with E-state index in [0.717, 1.165) is 0 Å². The fourth-order valence-corrected chi connectivity index (χ4v) is 1.90. The van der Waals surface area contributed by atoms with E-state index in [2.05, 4.69) is 20.3 Å². The van der Waals surface area contributed by atoms with Gasteiger partial charge in [0.15, 0.2) is 5.65 Å². The first-order valence-corrected chi connectivity index (χ1v) is 5.87. The zero-order valence-electron chi connectivity index (χ0n) is 10.3. The summed E-state index contributed by atoms with van der Waals surface area (Å²) >= 11 is 0. The van der Waals surface area contributed by atoms with Crippen molar-refractivity contribution in [2.75, 3.05) is 12.4 Å². The lowest BCUT2D eigenvalue weighted by Gasteiger charge is -2.05. The van der Waals surface area contributed by atoms with Gasteiger partial charge in [-0.25, -0.2) is 14.4 Å². The van der Waals surface area contributed by atoms with Crippen LogP contribution in [0.2, 0.25) is 0 Å². The predicted molar refractivity (Wildman–Crippen MR) is 70.4 cm³/mol. The minimum absolute atomic E-state index is 0.229. The Kier molecular flexibility index (Phi) is 2.83. The van der Waals surface area contributed by atoms with Gasteiger partial charge in [-0.05, 0) is 6.07 Å². The molecule has 0 saturated heterocycles. The van der Waals surface area contributed by atoms with Crippen LogP contribution in [0.1, 0.15) is 5.56 Å². The van der Waals surface area contributed by atoms with Crippen LogP contribution in [0.25, 0.3) is 11.2 Å². The summed E-state index contributed by atoms with van der Waals surface area (Å²) in [5.74, 6) is 0.287. The maximum atomic E-state index is 13.6. The number of hydrogen-bond donors (Lipinski definition) is 1. The predicted octanol–water partition coefficient (Wildman–Crippen LogP) is 2.06. The first-order chi connectivity index (χ1) is 9.28. The average Bonchev–Trinajstić information content (AvgIpc) is 2.84. The number of benzene rings is 1. The Labute approximate surface area is 109 Å². The lowest BCUT2D eigenvalue weighted by atomic mass is 10.2. The highest BCUT2D eigenvalue weighted by Gasteiger charge is 2.08. The second kappa shape index (κ2) is 4.64. The van der Waals surface area contributed by atoms with Crippen LogP contribution in [0.15, 0.2) is 36.8 Å². The van der Waals surface area contributed by atoms with Crippen molar-refractivity contribution in [3.63, 3.8) is 0 Å². The molecule has 0 bridgehead atoms. The van der Waals surface area contributed by atoms with E-state index in [9.17, 15) is 4.39 Å². The van der Waals surface area contributed by atoms with Crippen LogP contribution < -0.4 is 5.32 Å². The van der Waals surface area contributed by atoms with Gasteiger partial charge in [-0.3, -0.25) is 0 Å². The number of aromatic nitrogens is 4. The average molecular weight is 257 g/mol. The quantitative estimate of drug-likeness (QED) is 0.780. The van der Waals surface area contributed by atoms with E-state index >= 15 is 0 Å². The van der Waals surface area contributed by atoms with E-state index in [4.69, 9.17) is 0 Å². The lowest BCUT2D eigenvalue weighted by molar-refractivity contribution is 0.601. The monoisotopic (exact) mass is 257 g/mol. The Morgan fingerprint density at radius 3 is 2.89 bits per heavy atom. The molecule has 0 unspecified atom stereocenters. The molecule has 3 rings (SSSR count). The van der Waals surface area contributed by atoms with E-state index in [1.807, 2.05) is 6.07 Å². The van der Waals surface area contributed by atoms with Gasteiger partial charge < -0.3 is 9.88 Å². The van der Waals surface area contributed by atoms with Crippen molar-refractivity contribution in [1.29, 1.82) is 0 Å². The Hall–Kier alpha value is -2.50. The molecule has 0 aliphatic heterocycles. The summed E-state index contributed by atoms with van der Waals surface area (Å²) in [4.78, 5) is 12.6. The van der Waals surface area contributed by atoms with Gasteiger partial charge in [0.1, 0.15) is 11.3 Å². The number of hydrogen-bond acceptors (Lipinski definition) is 4. The van der Waals surface area contributed by atoms with E-state index in [0.29, 0.717) is 29.2 Å². The summed E-state index contributed by atoms with van der Waals surface area (Å²) in [5, 5.41) is 2.87. The first kappa shape index (κ1) is 11.6. The van der Waals surface area contributed by atoms with Crippen molar-refractivity contribution in [1.82, 2.24) is 19.5 Å². The van der Waals surface area contributed by atoms with Gasteiger partial charge in [0.25, 0.3) is 0 Å². The first-order valence-electron chi connectivity index (χ1n) is 5.87. The minimum Gasteiger partial charge on any atom is -0.357 e. The van der Waals surface area contributed by atoms with E-state index in [-0.39, 0.29) is 5.82 Å². The molecule has 1 N–H and O–H groups in total. The molecule has 0 spiro atoms. The molecule has 2 aromatic heterocycles. The van der Waals surface area contributed by atoms with Crippen LogP contribution in [0.3, 0.4) is 0 Å². The summed E-state index contributed by atoms with van der Waals surface area (Å²) in [7, 11) is 1.75. The summed E-state index contributed by atoms with van der Waals surface area (Å²) in [6.45, 7) is 0.392. The van der Waals surface area contributed by atoms with Gasteiger partial charge in [-0.2, -0.15) is 4.98 Å². The smallest absolute Gasteiger partial charge is 0.224 e. The van der Waals surface area contributed by atoms with Crippen LogP contribution >= 0.6 is 0 Å². The summed E-state index contributed by atoms with van der Waals surface area (Å²) in [6.07, 6.45) is 3.29. The Morgan fingerprint density at radius 1 is 1.26 bits per heavy atom. The molecule has 0 amide bonds. The SMILES string of the molecule is CNc1ncc2ncn(Cc3ccccc3F)c2n1. The van der Waals surface area contributed by atoms with Crippen LogP contribution in [0.5, 0.6) is 0 Å². The minimum atomic E-state index is -0.229. The highest BCUT2D eigenvalue weighted by molar-refractivity contribution is 5.70. The molecule has 0 aliphatic rings. The third-order valence-electron chi connectivity index (χ3n) is 2.88. The van der Waals surface area contributed by atoms with Crippen LogP contribution in [0.4, 0.5) is 10.3 Å². The molecule has 6 heteroatoms. The number of nitrogens with zero attached hydrogens (tertiary/aromatic N) is 4. The maximum absolute atomic E-state index is 13.6. The van der Waals surface area contributed by atoms with Gasteiger partial charge in [0, 0.05) is 12.6 Å². The van der Waals surface area contributed by atoms with Crippen molar-refractivity contribution < 1.29 is 4.39 Å². The molecule has 0 atom stereocenters. The summed E-state index contributed by atoms with van der Waals surface area (Å²) in [5.41, 5.74) is 1.98. The van der Waals surface area contributed by atoms with Crippen LogP contribution in [-0.2, 0) is 6.54 Å². The second-order valence-corrected chi connectivity index (χ2v) is 4.12. The van der Waals surface area contributed by atoms with E-state index in [1.165, 1.54) is 6.07 Å². The molecule has 2 heterocycles. The fourth-order valence-electron chi connectivity index (χ4n) is 1.90. The highest BCUT2D eigenvalue weighted by Crippen LogP contribution is 2.14. The fraction of sp³-hybridized carbons (Fsp3) is 0.154. The molecule has 5 nitrogen and oxygen atoms in total. The molecule has 1 aromatic carbocycles. The zero-order chi connectivity index (χ0) is 13.2. The van der Waals surface area contributed by atoms with Crippen molar-refractivity contribution in [2.45, 2.75) is 6.54 Å². The number of anilines is 1. The summed E-state index contributed by atoms with van der Waals surface area (Å²) in [6, 6.07) is 6.68. The van der Waals surface area contributed by atoms with Gasteiger partial charge in [-0.15, -0.1) is 0 Å². The molecule has 0 fully saturated rings. The molecule has 0 aliphatic carbocycles. The topological polar surface area (TPSA) is 55.6 Å². The Morgan fingerprint density at radius 2 is 2.11 bits per heavy atom. The zero-order valence-corrected chi connectivity index (χ0v) is 10.3. The Bertz CT molecular complexity index is 722. The van der Waals surface area contributed by atoms with E-state index in [1.54, 1.807) is 36.3 Å². The molecule has 3 aromatic rings. The van der Waals surface area contributed by atoms with Crippen LogP contribution in [-0.4, -0.2) is 26.6 Å². The van der Waals surface area contributed by atoms with Gasteiger partial charge in [-0.1, -0.05) is 18.2 Å². The second-order valence-electron chi connectivity index (χ2n) is 4.12. The van der Waals surface area contributed by atoms with Gasteiger partial charge in [0.2, 0.25) is 5.95 Å². The lowest BCUT2D eigenvalue weighted by Crippen LogP contribution is -2.03. The summed E-state index contributed by atoms with van der Waals surface area (Å²) < 4.78 is 15.5. The number of halogens is 1. The third kappa shape index (κ3) is 2.12. The third-order valence-corrected chi connectivity index (χ3v) is 2.88. The van der Waals surface area contributed by atoms with Crippen molar-refractivity contribution >= 4 is 17.1 Å². The number of imidazole rings is 1. The standard InChI is InChI=1S/C13H12FN5/c1-15-13-16-6-11-12(18-13)19(8-17-11)7-9-4-2-3-5-10(9)14/h2-6,8H,7H2,1H3,(H,15,16,18). The van der Waals surface area contributed by atoms with Crippen molar-refractivity contribution in [3.8, 4) is 0 Å². The number of fused-ring (bicyclic) bond motifs is 1. The molecular formula is C13H12FN5. The van der Waals surface area contributed by atoms with Gasteiger partial charge in [0.05, 0.1) is 19.1 Å². The molecule has 0 radical (unpaired) electrons. The molecule has 19 heavy (non-hydrogen) atoms. The van der Waals surface area contributed by atoms with Crippen molar-refractivity contribution in [3.05, 3.63) is 48.2 Å². The normalized spacial score (nSPS) is 10.8. The highest BCUT2D eigenvalue weighted by atomic mass is 19.1. The largest absolute Gasteiger partial charge is 0.357 e. The van der Waals surface area contributed by atoms with Crippen molar-refractivity contribution in [2.24, 2.45) is 0 Å². The number of nitrogens with one attached hydrogen (secondary N) is 1. The van der Waals surface area contributed by atoms with E-state index < -0.39 is 0 Å². The molecule has 0 saturated carbocycles. The van der Waals surface area contributed by atoms with Gasteiger partial charge >= 0.3 is 0 Å². The number of rotatable bonds is 3. The molecular weight excluding hydrogens is 245 g/mol. The molecule has 96 valence electrons. The maximum Gasteiger partial charge on any atom is 0.224 e. The Balaban J connectivity index is 2.03.